The zero-order valence-electron chi connectivity index (χ0n) is 14.6. The van der Waals surface area contributed by atoms with Crippen molar-refractivity contribution in [1.29, 1.82) is 0 Å². The smallest absolute Gasteiger partial charge is 0.355 e. The molecule has 2 rings (SSSR count). The van der Waals surface area contributed by atoms with Gasteiger partial charge in [-0.05, 0) is 44.9 Å². The SMILES string of the molecule is CC.CCc1c(C(=O)OC(C)C)[nH]c(C=O)c1-c1ccc(C)o1. The summed E-state index contributed by atoms with van der Waals surface area (Å²) < 4.78 is 10.8. The van der Waals surface area contributed by atoms with Gasteiger partial charge in [0, 0.05) is 5.56 Å². The van der Waals surface area contributed by atoms with Crippen molar-refractivity contribution in [2.75, 3.05) is 0 Å². The first-order valence-corrected chi connectivity index (χ1v) is 7.95. The molecule has 126 valence electrons. The van der Waals surface area contributed by atoms with Crippen LogP contribution in [0.15, 0.2) is 16.5 Å². The van der Waals surface area contributed by atoms with E-state index < -0.39 is 5.97 Å². The van der Waals surface area contributed by atoms with Crippen molar-refractivity contribution in [3.63, 3.8) is 0 Å². The van der Waals surface area contributed by atoms with Crippen LogP contribution in [0.3, 0.4) is 0 Å². The van der Waals surface area contributed by atoms with Gasteiger partial charge in [-0.15, -0.1) is 0 Å². The van der Waals surface area contributed by atoms with Crippen LogP contribution in [0.4, 0.5) is 0 Å². The number of carbonyl (C=O) groups is 2. The topological polar surface area (TPSA) is 72.3 Å². The Bertz CT molecular complexity index is 665. The van der Waals surface area contributed by atoms with Gasteiger partial charge in [0.2, 0.25) is 0 Å². The molecule has 5 heteroatoms. The lowest BCUT2D eigenvalue weighted by Crippen LogP contribution is -2.13. The molecule has 1 N–H and O–H groups in total. The van der Waals surface area contributed by atoms with Gasteiger partial charge in [0.15, 0.2) is 6.29 Å². The maximum absolute atomic E-state index is 12.2. The largest absolute Gasteiger partial charge is 0.461 e. The van der Waals surface area contributed by atoms with Crippen LogP contribution in [0.25, 0.3) is 11.3 Å². The van der Waals surface area contributed by atoms with Crippen LogP contribution >= 0.6 is 0 Å². The number of esters is 1. The number of nitrogens with one attached hydrogen (secondary N) is 1. The summed E-state index contributed by atoms with van der Waals surface area (Å²) >= 11 is 0. The van der Waals surface area contributed by atoms with Crippen molar-refractivity contribution in [2.45, 2.75) is 54.1 Å². The molecule has 0 radical (unpaired) electrons. The first-order valence-electron chi connectivity index (χ1n) is 7.95. The van der Waals surface area contributed by atoms with E-state index >= 15 is 0 Å². The van der Waals surface area contributed by atoms with Crippen LogP contribution in [-0.4, -0.2) is 23.3 Å². The average Bonchev–Trinajstić information content (AvgIpc) is 3.11. The summed E-state index contributed by atoms with van der Waals surface area (Å²) in [6, 6.07) is 3.62. The lowest BCUT2D eigenvalue weighted by Gasteiger charge is -2.08. The van der Waals surface area contributed by atoms with Crippen LogP contribution < -0.4 is 0 Å². The molecule has 0 aliphatic carbocycles. The van der Waals surface area contributed by atoms with E-state index in [9.17, 15) is 9.59 Å². The number of aldehydes is 1. The summed E-state index contributed by atoms with van der Waals surface area (Å²) in [5.41, 5.74) is 2.02. The van der Waals surface area contributed by atoms with Crippen molar-refractivity contribution in [1.82, 2.24) is 4.98 Å². The number of hydrogen-bond acceptors (Lipinski definition) is 4. The molecule has 0 fully saturated rings. The predicted molar refractivity (Wildman–Crippen MR) is 89.9 cm³/mol. The maximum Gasteiger partial charge on any atom is 0.355 e. The standard InChI is InChI=1S/C16H19NO4.C2H6/c1-5-11-14(13-7-6-10(4)21-13)12(8-18)17-15(11)16(19)20-9(2)3;1-2/h6-9,17H,5H2,1-4H3;1-2H3. The predicted octanol–water partition coefficient (Wildman–Crippen LogP) is 4.55. The van der Waals surface area contributed by atoms with Crippen molar-refractivity contribution < 1.29 is 18.7 Å². The van der Waals surface area contributed by atoms with Crippen LogP contribution in [0, 0.1) is 6.92 Å². The Balaban J connectivity index is 0.00000127. The van der Waals surface area contributed by atoms with Gasteiger partial charge in [0.1, 0.15) is 17.2 Å². The molecule has 0 atom stereocenters. The number of aryl methyl sites for hydroxylation is 1. The van der Waals surface area contributed by atoms with Crippen molar-refractivity contribution in [3.8, 4) is 11.3 Å². The first kappa shape index (κ1) is 18.7. The van der Waals surface area contributed by atoms with E-state index in [0.29, 0.717) is 35.4 Å². The lowest BCUT2D eigenvalue weighted by molar-refractivity contribution is 0.0370. The Morgan fingerprint density at radius 2 is 2.00 bits per heavy atom. The Morgan fingerprint density at radius 1 is 1.35 bits per heavy atom. The third-order valence-corrected chi connectivity index (χ3v) is 3.14. The van der Waals surface area contributed by atoms with Crippen LogP contribution in [0.2, 0.25) is 0 Å². The zero-order valence-corrected chi connectivity index (χ0v) is 14.6. The van der Waals surface area contributed by atoms with Crippen LogP contribution in [0.1, 0.15) is 66.9 Å². The summed E-state index contributed by atoms with van der Waals surface area (Å²) in [4.78, 5) is 26.3. The number of rotatable bonds is 5. The van der Waals surface area contributed by atoms with E-state index in [0.717, 1.165) is 11.3 Å². The third-order valence-electron chi connectivity index (χ3n) is 3.14. The fraction of sp³-hybridized carbons (Fsp3) is 0.444. The summed E-state index contributed by atoms with van der Waals surface area (Å²) in [6.07, 6.45) is 1.06. The van der Waals surface area contributed by atoms with E-state index in [1.807, 2.05) is 33.8 Å². The molecule has 0 aliphatic rings. The van der Waals surface area contributed by atoms with Gasteiger partial charge in [0.25, 0.3) is 0 Å². The monoisotopic (exact) mass is 319 g/mol. The van der Waals surface area contributed by atoms with Gasteiger partial charge < -0.3 is 14.1 Å². The van der Waals surface area contributed by atoms with Crippen LogP contribution in [0.5, 0.6) is 0 Å². The molecule has 0 saturated heterocycles. The molecule has 2 aromatic rings. The third kappa shape index (κ3) is 4.12. The fourth-order valence-electron chi connectivity index (χ4n) is 2.30. The molecule has 23 heavy (non-hydrogen) atoms. The maximum atomic E-state index is 12.2. The second kappa shape index (κ2) is 8.36. The normalized spacial score (nSPS) is 10.2. The van der Waals surface area contributed by atoms with Crippen molar-refractivity contribution in [2.24, 2.45) is 0 Å². The number of furan rings is 1. The minimum Gasteiger partial charge on any atom is -0.461 e. The molecule has 0 amide bonds. The average molecular weight is 319 g/mol. The van der Waals surface area contributed by atoms with Gasteiger partial charge in [0.05, 0.1) is 11.8 Å². The molecule has 2 heterocycles. The zero-order chi connectivity index (χ0) is 17.6. The Kier molecular flexibility index (Phi) is 6.82. The van der Waals surface area contributed by atoms with Crippen LogP contribution in [-0.2, 0) is 11.2 Å². The first-order chi connectivity index (χ1) is 11.0. The molecule has 0 bridgehead atoms. The highest BCUT2D eigenvalue weighted by Gasteiger charge is 2.24. The van der Waals surface area contributed by atoms with E-state index in [-0.39, 0.29) is 6.10 Å². The van der Waals surface area contributed by atoms with Crippen molar-refractivity contribution >= 4 is 12.3 Å². The van der Waals surface area contributed by atoms with E-state index in [4.69, 9.17) is 9.15 Å². The molecule has 5 nitrogen and oxygen atoms in total. The Hall–Kier alpha value is -2.30. The molecule has 0 aromatic carbocycles. The Labute approximate surface area is 137 Å². The van der Waals surface area contributed by atoms with Gasteiger partial charge in [-0.2, -0.15) is 0 Å². The summed E-state index contributed by atoms with van der Waals surface area (Å²) in [5, 5.41) is 0. The van der Waals surface area contributed by atoms with Gasteiger partial charge in [-0.1, -0.05) is 20.8 Å². The van der Waals surface area contributed by atoms with E-state index in [1.54, 1.807) is 19.9 Å². The highest BCUT2D eigenvalue weighted by molar-refractivity contribution is 5.97. The molecule has 0 spiro atoms. The summed E-state index contributed by atoms with van der Waals surface area (Å²) in [7, 11) is 0. The second-order valence-electron chi connectivity index (χ2n) is 5.10. The number of carbonyl (C=O) groups excluding carboxylic acids is 2. The second-order valence-corrected chi connectivity index (χ2v) is 5.10. The number of aromatic nitrogens is 1. The van der Waals surface area contributed by atoms with Gasteiger partial charge >= 0.3 is 5.97 Å². The Morgan fingerprint density at radius 3 is 2.43 bits per heavy atom. The highest BCUT2D eigenvalue weighted by Crippen LogP contribution is 2.32. The number of hydrogen-bond donors (Lipinski definition) is 1. The number of aromatic amines is 1. The minimum absolute atomic E-state index is 0.223. The van der Waals surface area contributed by atoms with E-state index in [2.05, 4.69) is 4.98 Å². The fourth-order valence-corrected chi connectivity index (χ4v) is 2.30. The van der Waals surface area contributed by atoms with E-state index in [1.165, 1.54) is 0 Å². The molecular formula is C18H25NO4. The molecule has 0 saturated carbocycles. The number of H-pyrrole nitrogens is 1. The van der Waals surface area contributed by atoms with Gasteiger partial charge in [-0.25, -0.2) is 4.79 Å². The highest BCUT2D eigenvalue weighted by atomic mass is 16.5. The molecule has 0 unspecified atom stereocenters. The van der Waals surface area contributed by atoms with Crippen molar-refractivity contribution in [3.05, 3.63) is 34.8 Å². The summed E-state index contributed by atoms with van der Waals surface area (Å²) in [5.74, 6) is 0.863. The molecule has 0 aliphatic heterocycles. The summed E-state index contributed by atoms with van der Waals surface area (Å²) in [6.45, 7) is 11.3. The molecular weight excluding hydrogens is 294 g/mol. The number of ether oxygens (including phenoxy) is 1. The van der Waals surface area contributed by atoms with Gasteiger partial charge in [-0.3, -0.25) is 4.79 Å². The quantitative estimate of drug-likeness (QED) is 0.648. The minimum atomic E-state index is -0.459. The molecule has 2 aromatic heterocycles. The lowest BCUT2D eigenvalue weighted by atomic mass is 10.0.